The molecule has 2 heterocycles. The Kier molecular flexibility index (Phi) is 6.10. The van der Waals surface area contributed by atoms with Crippen molar-refractivity contribution in [2.24, 2.45) is 0 Å². The Labute approximate surface area is 144 Å². The van der Waals surface area contributed by atoms with Gasteiger partial charge >= 0.3 is 0 Å². The van der Waals surface area contributed by atoms with Gasteiger partial charge in [-0.1, -0.05) is 0 Å². The number of carbonyl (C=O) groups excluding carboxylic acids is 1. The molecule has 0 aliphatic carbocycles. The van der Waals surface area contributed by atoms with Crippen molar-refractivity contribution in [1.82, 2.24) is 9.88 Å². The first-order chi connectivity index (χ1) is 10.6. The van der Waals surface area contributed by atoms with Crippen LogP contribution >= 0.6 is 23.7 Å². The van der Waals surface area contributed by atoms with Crippen LogP contribution in [0, 0.1) is 5.82 Å². The van der Waals surface area contributed by atoms with Crippen LogP contribution in [0.2, 0.25) is 0 Å². The lowest BCUT2D eigenvalue weighted by molar-refractivity contribution is 0.0939. The lowest BCUT2D eigenvalue weighted by Gasteiger charge is -2.23. The maximum atomic E-state index is 12.9. The predicted molar refractivity (Wildman–Crippen MR) is 92.6 cm³/mol. The zero-order valence-corrected chi connectivity index (χ0v) is 14.2. The number of ketones is 1. The number of halogens is 2. The van der Waals surface area contributed by atoms with Gasteiger partial charge in [0.25, 0.3) is 0 Å². The Bertz CT molecular complexity index is 662. The molecule has 0 bridgehead atoms. The molecule has 23 heavy (non-hydrogen) atoms. The van der Waals surface area contributed by atoms with E-state index in [1.807, 2.05) is 0 Å². The van der Waals surface area contributed by atoms with Gasteiger partial charge in [0.1, 0.15) is 5.82 Å². The minimum atomic E-state index is -0.318. The number of anilines is 1. The second-order valence-electron chi connectivity index (χ2n) is 5.57. The summed E-state index contributed by atoms with van der Waals surface area (Å²) in [6, 6.07) is 6.02. The molecule has 1 aromatic heterocycles. The molecular formula is C16H19ClFN3OS. The maximum Gasteiger partial charge on any atom is 0.180 e. The van der Waals surface area contributed by atoms with Crippen LogP contribution in [0.15, 0.2) is 30.5 Å². The van der Waals surface area contributed by atoms with E-state index < -0.39 is 0 Å². The highest BCUT2D eigenvalue weighted by Gasteiger charge is 2.27. The van der Waals surface area contributed by atoms with Crippen molar-refractivity contribution < 1.29 is 9.18 Å². The normalized spacial score (nSPS) is 17.9. The van der Waals surface area contributed by atoms with Gasteiger partial charge in [-0.3, -0.25) is 9.69 Å². The van der Waals surface area contributed by atoms with Crippen molar-refractivity contribution in [2.75, 3.05) is 12.3 Å². The van der Waals surface area contributed by atoms with Crippen molar-refractivity contribution in [1.29, 1.82) is 0 Å². The average Bonchev–Trinajstić information content (AvgIpc) is 3.10. The second kappa shape index (κ2) is 7.86. The summed E-state index contributed by atoms with van der Waals surface area (Å²) in [5.74, 6) is -0.248. The SMILES string of the molecule is Cl.Nc1ncc(CN2CCCC2CC(=O)c2ccc(F)cc2)s1. The number of nitrogens with zero attached hydrogens (tertiary/aromatic N) is 2. The third kappa shape index (κ3) is 4.50. The monoisotopic (exact) mass is 355 g/mol. The van der Waals surface area contributed by atoms with E-state index in [4.69, 9.17) is 5.73 Å². The first-order valence-electron chi connectivity index (χ1n) is 7.35. The fraction of sp³-hybridized carbons (Fsp3) is 0.375. The standard InChI is InChI=1S/C16H18FN3OS.ClH/c17-12-5-3-11(4-6-12)15(21)8-13-2-1-7-20(13)10-14-9-19-16(18)22-14;/h3-6,9,13H,1-2,7-8,10H2,(H2,18,19);1H. The van der Waals surface area contributed by atoms with Gasteiger partial charge in [0.05, 0.1) is 0 Å². The van der Waals surface area contributed by atoms with Crippen LogP contribution in [0.25, 0.3) is 0 Å². The average molecular weight is 356 g/mol. The zero-order valence-electron chi connectivity index (χ0n) is 12.6. The molecule has 7 heteroatoms. The highest BCUT2D eigenvalue weighted by Crippen LogP contribution is 2.26. The summed E-state index contributed by atoms with van der Waals surface area (Å²) in [5.41, 5.74) is 6.24. The van der Waals surface area contributed by atoms with Gasteiger partial charge in [0.15, 0.2) is 10.9 Å². The van der Waals surface area contributed by atoms with Gasteiger partial charge in [-0.15, -0.1) is 23.7 Å². The van der Waals surface area contributed by atoms with E-state index in [1.165, 1.54) is 23.5 Å². The molecule has 1 saturated heterocycles. The molecule has 1 aromatic carbocycles. The molecule has 1 aliphatic heterocycles. The molecule has 4 nitrogen and oxygen atoms in total. The summed E-state index contributed by atoms with van der Waals surface area (Å²) in [5, 5.41) is 0.577. The van der Waals surface area contributed by atoms with Crippen LogP contribution < -0.4 is 5.73 Å². The number of rotatable bonds is 5. The van der Waals surface area contributed by atoms with E-state index in [0.29, 0.717) is 17.1 Å². The molecule has 0 amide bonds. The quantitative estimate of drug-likeness (QED) is 0.833. The molecule has 2 N–H and O–H groups in total. The minimum absolute atomic E-state index is 0. The Balaban J connectivity index is 0.00000192. The molecule has 0 radical (unpaired) electrons. The van der Waals surface area contributed by atoms with E-state index in [2.05, 4.69) is 9.88 Å². The van der Waals surface area contributed by atoms with Crippen molar-refractivity contribution in [3.05, 3.63) is 46.7 Å². The fourth-order valence-electron chi connectivity index (χ4n) is 2.90. The summed E-state index contributed by atoms with van der Waals surface area (Å²) in [4.78, 5) is 19.8. The molecular weight excluding hydrogens is 337 g/mol. The van der Waals surface area contributed by atoms with Gasteiger partial charge in [-0.2, -0.15) is 0 Å². The number of thiazole rings is 1. The van der Waals surface area contributed by atoms with Crippen molar-refractivity contribution in [2.45, 2.75) is 31.8 Å². The van der Waals surface area contributed by atoms with Gasteiger partial charge in [-0.05, 0) is 43.7 Å². The first-order valence-corrected chi connectivity index (χ1v) is 8.16. The maximum absolute atomic E-state index is 12.9. The number of Topliss-reactive ketones (excluding diaryl/α,β-unsaturated/α-hetero) is 1. The van der Waals surface area contributed by atoms with Crippen LogP contribution in [0.3, 0.4) is 0 Å². The number of hydrogen-bond donors (Lipinski definition) is 1. The number of hydrogen-bond acceptors (Lipinski definition) is 5. The topological polar surface area (TPSA) is 59.2 Å². The second-order valence-corrected chi connectivity index (χ2v) is 6.71. The van der Waals surface area contributed by atoms with Crippen LogP contribution in [0.5, 0.6) is 0 Å². The van der Waals surface area contributed by atoms with Gasteiger partial charge in [0, 0.05) is 35.6 Å². The summed E-state index contributed by atoms with van der Waals surface area (Å²) in [7, 11) is 0. The summed E-state index contributed by atoms with van der Waals surface area (Å²) < 4.78 is 12.9. The van der Waals surface area contributed by atoms with E-state index in [9.17, 15) is 9.18 Å². The largest absolute Gasteiger partial charge is 0.375 e. The molecule has 0 saturated carbocycles. The molecule has 0 spiro atoms. The van der Waals surface area contributed by atoms with E-state index in [-0.39, 0.29) is 30.0 Å². The molecule has 1 unspecified atom stereocenters. The minimum Gasteiger partial charge on any atom is -0.375 e. The molecule has 1 atom stereocenters. The predicted octanol–water partition coefficient (Wildman–Crippen LogP) is 3.52. The van der Waals surface area contributed by atoms with E-state index in [0.717, 1.165) is 30.8 Å². The number of nitrogen functional groups attached to an aromatic ring is 1. The highest BCUT2D eigenvalue weighted by atomic mass is 35.5. The summed E-state index contributed by atoms with van der Waals surface area (Å²) >= 11 is 1.49. The van der Waals surface area contributed by atoms with Crippen molar-refractivity contribution in [3.63, 3.8) is 0 Å². The highest BCUT2D eigenvalue weighted by molar-refractivity contribution is 7.15. The molecule has 2 aromatic rings. The van der Waals surface area contributed by atoms with E-state index >= 15 is 0 Å². The Hall–Kier alpha value is -1.50. The van der Waals surface area contributed by atoms with Gasteiger partial charge in [-0.25, -0.2) is 9.37 Å². The zero-order chi connectivity index (χ0) is 15.5. The Morgan fingerprint density at radius 2 is 2.13 bits per heavy atom. The van der Waals surface area contributed by atoms with Crippen molar-refractivity contribution >= 4 is 34.7 Å². The van der Waals surface area contributed by atoms with Gasteiger partial charge < -0.3 is 5.73 Å². The van der Waals surface area contributed by atoms with Crippen LogP contribution in [0.4, 0.5) is 9.52 Å². The lowest BCUT2D eigenvalue weighted by Crippen LogP contribution is -2.30. The number of nitrogens with two attached hydrogens (primary N) is 1. The van der Waals surface area contributed by atoms with Crippen LogP contribution in [-0.2, 0) is 6.54 Å². The number of carbonyl (C=O) groups is 1. The summed E-state index contributed by atoms with van der Waals surface area (Å²) in [6.45, 7) is 1.77. The molecule has 1 aliphatic rings. The van der Waals surface area contributed by atoms with Crippen molar-refractivity contribution in [3.8, 4) is 0 Å². The molecule has 3 rings (SSSR count). The third-order valence-corrected chi connectivity index (χ3v) is 4.83. The Morgan fingerprint density at radius 1 is 1.39 bits per heavy atom. The van der Waals surface area contributed by atoms with Crippen LogP contribution in [0.1, 0.15) is 34.5 Å². The third-order valence-electron chi connectivity index (χ3n) is 4.02. The first kappa shape index (κ1) is 17.8. The summed E-state index contributed by atoms with van der Waals surface area (Å²) in [6.07, 6.45) is 4.38. The van der Waals surface area contributed by atoms with E-state index in [1.54, 1.807) is 18.3 Å². The number of likely N-dealkylation sites (tertiary alicyclic amines) is 1. The Morgan fingerprint density at radius 3 is 2.78 bits per heavy atom. The van der Waals surface area contributed by atoms with Crippen LogP contribution in [-0.4, -0.2) is 28.3 Å². The lowest BCUT2D eigenvalue weighted by atomic mass is 10.0. The van der Waals surface area contributed by atoms with Gasteiger partial charge in [0.2, 0.25) is 0 Å². The fourth-order valence-corrected chi connectivity index (χ4v) is 3.61. The number of aromatic nitrogens is 1. The molecule has 1 fully saturated rings. The molecule has 124 valence electrons. The number of benzene rings is 1. The smallest absolute Gasteiger partial charge is 0.180 e.